The fraction of sp³-hybridized carbons (Fsp3) is 0.571. The van der Waals surface area contributed by atoms with Gasteiger partial charge in [-0.25, -0.2) is 18.7 Å². The highest BCUT2D eigenvalue weighted by Crippen LogP contribution is 2.38. The number of hydrogen-bond acceptors (Lipinski definition) is 7. The lowest BCUT2D eigenvalue weighted by molar-refractivity contribution is -0.137. The van der Waals surface area contributed by atoms with E-state index in [9.17, 15) is 13.6 Å². The molecule has 11 heteroatoms. The molecule has 2 aromatic heterocycles. The summed E-state index contributed by atoms with van der Waals surface area (Å²) in [6.07, 6.45) is 13.5. The summed E-state index contributed by atoms with van der Waals surface area (Å²) in [5.41, 5.74) is 7.00. The number of amides is 1. The number of fused-ring (bicyclic) bond motifs is 1. The maximum atomic E-state index is 14.3. The predicted molar refractivity (Wildman–Crippen MR) is 148 cm³/mol. The number of nitrogens with one attached hydrogen (secondary N) is 2. The van der Waals surface area contributed by atoms with E-state index in [0.717, 1.165) is 57.9 Å². The Kier molecular flexibility index (Phi) is 8.85. The van der Waals surface area contributed by atoms with Gasteiger partial charge in [0.05, 0.1) is 11.9 Å². The van der Waals surface area contributed by atoms with E-state index in [4.69, 9.17) is 5.73 Å². The highest BCUT2D eigenvalue weighted by Gasteiger charge is 2.32. The number of nitrogen functional groups attached to an aromatic ring is 1. The molecule has 2 aliphatic carbocycles. The van der Waals surface area contributed by atoms with Crippen LogP contribution in [0.5, 0.6) is 0 Å². The third-order valence-corrected chi connectivity index (χ3v) is 7.97. The molecule has 210 valence electrons. The van der Waals surface area contributed by atoms with Crippen molar-refractivity contribution in [2.75, 3.05) is 37.2 Å². The van der Waals surface area contributed by atoms with Gasteiger partial charge in [-0.05, 0) is 37.8 Å². The van der Waals surface area contributed by atoms with Crippen molar-refractivity contribution in [2.24, 2.45) is 5.92 Å². The molecule has 9 nitrogen and oxygen atoms in total. The molecule has 3 fully saturated rings. The van der Waals surface area contributed by atoms with Crippen molar-refractivity contribution in [3.63, 3.8) is 0 Å². The lowest BCUT2D eigenvalue weighted by Gasteiger charge is -2.35. The summed E-state index contributed by atoms with van der Waals surface area (Å²) in [6.45, 7) is 3.16. The highest BCUT2D eigenvalue weighted by atomic mass is 19.1. The number of rotatable bonds is 4. The van der Waals surface area contributed by atoms with Gasteiger partial charge in [0.15, 0.2) is 5.65 Å². The second-order valence-electron chi connectivity index (χ2n) is 10.7. The van der Waals surface area contributed by atoms with E-state index < -0.39 is 11.6 Å². The van der Waals surface area contributed by atoms with E-state index in [0.29, 0.717) is 17.1 Å². The summed E-state index contributed by atoms with van der Waals surface area (Å²) >= 11 is 0. The zero-order valence-corrected chi connectivity index (χ0v) is 22.3. The molecule has 3 heterocycles. The summed E-state index contributed by atoms with van der Waals surface area (Å²) < 4.78 is 29.6. The van der Waals surface area contributed by atoms with Gasteiger partial charge in [0.1, 0.15) is 17.2 Å². The largest absolute Gasteiger partial charge is 0.368 e. The number of imidazole rings is 1. The number of benzene rings is 1. The normalized spacial score (nSPS) is 21.7. The summed E-state index contributed by atoms with van der Waals surface area (Å²) in [7, 11) is 0. The van der Waals surface area contributed by atoms with E-state index in [1.165, 1.54) is 56.9 Å². The Labute approximate surface area is 227 Å². The Morgan fingerprint density at radius 3 is 2.28 bits per heavy atom. The quantitative estimate of drug-likeness (QED) is 0.430. The fourth-order valence-corrected chi connectivity index (χ4v) is 5.83. The number of carbonyl (C=O) groups is 1. The van der Waals surface area contributed by atoms with E-state index in [2.05, 4.69) is 25.6 Å². The van der Waals surface area contributed by atoms with Crippen LogP contribution in [0, 0.1) is 17.6 Å². The summed E-state index contributed by atoms with van der Waals surface area (Å²) in [5.74, 6) is -0.649. The molecule has 0 radical (unpaired) electrons. The number of carbonyl (C=O) groups excluding carboxylic acids is 1. The molecule has 0 spiro atoms. The van der Waals surface area contributed by atoms with Gasteiger partial charge in [0.2, 0.25) is 17.8 Å². The van der Waals surface area contributed by atoms with Gasteiger partial charge in [-0.2, -0.15) is 4.98 Å². The van der Waals surface area contributed by atoms with Gasteiger partial charge in [0, 0.05) is 44.2 Å². The van der Waals surface area contributed by atoms with E-state index in [1.54, 1.807) is 0 Å². The second-order valence-corrected chi connectivity index (χ2v) is 10.7. The summed E-state index contributed by atoms with van der Waals surface area (Å²) in [4.78, 5) is 27.8. The predicted octanol–water partition coefficient (Wildman–Crippen LogP) is 4.93. The van der Waals surface area contributed by atoms with Crippen LogP contribution in [-0.4, -0.2) is 56.5 Å². The molecule has 39 heavy (non-hydrogen) atoms. The van der Waals surface area contributed by atoms with Crippen LogP contribution in [0.1, 0.15) is 70.3 Å². The number of hydrogen-bond donors (Lipinski definition) is 3. The van der Waals surface area contributed by atoms with Crippen molar-refractivity contribution in [1.82, 2.24) is 29.7 Å². The highest BCUT2D eigenvalue weighted by molar-refractivity contribution is 5.79. The van der Waals surface area contributed by atoms with Crippen molar-refractivity contribution in [3.05, 3.63) is 36.0 Å². The molecule has 3 aromatic rings. The molecule has 0 atom stereocenters. The first kappa shape index (κ1) is 27.2. The lowest BCUT2D eigenvalue weighted by Crippen LogP contribution is -2.48. The minimum atomic E-state index is -0.718. The van der Waals surface area contributed by atoms with Crippen LogP contribution in [0.2, 0.25) is 0 Å². The first-order valence-corrected chi connectivity index (χ1v) is 14.2. The van der Waals surface area contributed by atoms with Gasteiger partial charge in [-0.3, -0.25) is 9.36 Å². The number of nitrogens with zero attached hydrogens (tertiary/aromatic N) is 5. The van der Waals surface area contributed by atoms with Crippen molar-refractivity contribution in [3.8, 4) is 0 Å². The van der Waals surface area contributed by atoms with Gasteiger partial charge >= 0.3 is 0 Å². The Balaban J connectivity index is 0.000000455. The first-order chi connectivity index (χ1) is 19.0. The molecule has 2 saturated carbocycles. The first-order valence-electron chi connectivity index (χ1n) is 14.2. The minimum absolute atomic E-state index is 0.000201. The number of halogens is 2. The topological polar surface area (TPSA) is 114 Å². The summed E-state index contributed by atoms with van der Waals surface area (Å²) in [6, 6.07) is 3.34. The Morgan fingerprint density at radius 1 is 0.974 bits per heavy atom. The van der Waals surface area contributed by atoms with Gasteiger partial charge < -0.3 is 21.3 Å². The van der Waals surface area contributed by atoms with Crippen molar-refractivity contribution >= 4 is 34.7 Å². The molecular weight excluding hydrogens is 502 g/mol. The standard InChI is InChI=1S/C22H26F2N8O.C6H12/c23-14-3-6-17(16(24)11-14)28-22-29-18-12-27-21(25)30-19(18)32(22)15-4-1-13(2-5-15)20(33)31-9-7-26-8-10-31;1-2-4-6-5-3-1/h3,6,11-13,15,26H,1-2,4-5,7-10H2,(H,28,29)(H2,25,27,30);1-6H2. The van der Waals surface area contributed by atoms with Gasteiger partial charge in [-0.15, -0.1) is 0 Å². The van der Waals surface area contributed by atoms with Crippen LogP contribution in [0.15, 0.2) is 24.4 Å². The van der Waals surface area contributed by atoms with Crippen LogP contribution in [0.25, 0.3) is 11.2 Å². The average molecular weight is 541 g/mol. The Bertz CT molecular complexity index is 1250. The minimum Gasteiger partial charge on any atom is -0.368 e. The molecule has 1 amide bonds. The summed E-state index contributed by atoms with van der Waals surface area (Å²) in [5, 5.41) is 6.25. The Hall–Kier alpha value is -3.34. The molecule has 0 bridgehead atoms. The van der Waals surface area contributed by atoms with Crippen LogP contribution in [0.3, 0.4) is 0 Å². The van der Waals surface area contributed by atoms with Crippen LogP contribution in [-0.2, 0) is 4.79 Å². The van der Waals surface area contributed by atoms with Crippen LogP contribution >= 0.6 is 0 Å². The van der Waals surface area contributed by atoms with Crippen molar-refractivity contribution in [2.45, 2.75) is 70.3 Å². The molecular formula is C28H38F2N8O. The van der Waals surface area contributed by atoms with E-state index in [1.807, 2.05) is 9.47 Å². The van der Waals surface area contributed by atoms with Gasteiger partial charge in [0.25, 0.3) is 0 Å². The zero-order valence-electron chi connectivity index (χ0n) is 22.3. The van der Waals surface area contributed by atoms with E-state index >= 15 is 0 Å². The van der Waals surface area contributed by atoms with Crippen molar-refractivity contribution < 1.29 is 13.6 Å². The number of aromatic nitrogens is 4. The number of piperazine rings is 1. The number of nitrogens with two attached hydrogens (primary N) is 1. The van der Waals surface area contributed by atoms with Crippen molar-refractivity contribution in [1.29, 1.82) is 0 Å². The van der Waals surface area contributed by atoms with Crippen LogP contribution < -0.4 is 16.4 Å². The van der Waals surface area contributed by atoms with Gasteiger partial charge in [-0.1, -0.05) is 38.5 Å². The molecule has 1 saturated heterocycles. The maximum Gasteiger partial charge on any atom is 0.225 e. The molecule has 0 unspecified atom stereocenters. The fourth-order valence-electron chi connectivity index (χ4n) is 5.83. The molecule has 3 aliphatic rings. The third kappa shape index (κ3) is 6.63. The van der Waals surface area contributed by atoms with Crippen LogP contribution in [0.4, 0.5) is 26.4 Å². The Morgan fingerprint density at radius 2 is 1.64 bits per heavy atom. The smallest absolute Gasteiger partial charge is 0.225 e. The zero-order chi connectivity index (χ0) is 27.2. The second kappa shape index (κ2) is 12.7. The molecule has 1 aromatic carbocycles. The van der Waals surface area contributed by atoms with E-state index in [-0.39, 0.29) is 29.5 Å². The third-order valence-electron chi connectivity index (χ3n) is 7.97. The SMILES string of the molecule is C1CCCCC1.Nc1ncc2nc(Nc3ccc(F)cc3F)n(C3CCC(C(=O)N4CCNCC4)CC3)c2n1. The molecule has 1 aliphatic heterocycles. The maximum absolute atomic E-state index is 14.3. The molecule has 4 N–H and O–H groups in total. The molecule has 6 rings (SSSR count). The number of anilines is 3. The average Bonchev–Trinajstić information content (AvgIpc) is 3.33. The monoisotopic (exact) mass is 540 g/mol. The lowest BCUT2D eigenvalue weighted by atomic mass is 9.85.